The van der Waals surface area contributed by atoms with E-state index in [1.54, 1.807) is 19.0 Å². The molecular formula is C26H31N3O2. The molecule has 1 aromatic rings. The van der Waals surface area contributed by atoms with Gasteiger partial charge in [-0.25, -0.2) is 0 Å². The lowest BCUT2D eigenvalue weighted by Crippen LogP contribution is -2.45. The molecule has 1 saturated heterocycles. The van der Waals surface area contributed by atoms with Crippen molar-refractivity contribution in [3.63, 3.8) is 0 Å². The molecule has 0 atom stereocenters. The van der Waals surface area contributed by atoms with Crippen molar-refractivity contribution in [2.24, 2.45) is 0 Å². The van der Waals surface area contributed by atoms with Gasteiger partial charge in [0.25, 0.3) is 5.91 Å². The number of rotatable bonds is 6. The van der Waals surface area contributed by atoms with Crippen LogP contribution in [-0.4, -0.2) is 61.8 Å². The summed E-state index contributed by atoms with van der Waals surface area (Å²) in [4.78, 5) is 30.6. The van der Waals surface area contributed by atoms with E-state index in [1.165, 1.54) is 6.08 Å². The monoisotopic (exact) mass is 417 g/mol. The summed E-state index contributed by atoms with van der Waals surface area (Å²) in [5.41, 5.74) is 5.38. The van der Waals surface area contributed by atoms with Crippen LogP contribution in [0, 0.1) is 0 Å². The van der Waals surface area contributed by atoms with Gasteiger partial charge in [0.05, 0.1) is 0 Å². The van der Waals surface area contributed by atoms with Crippen molar-refractivity contribution >= 4 is 17.4 Å². The molecule has 162 valence electrons. The zero-order chi connectivity index (χ0) is 22.5. The van der Waals surface area contributed by atoms with E-state index in [9.17, 15) is 9.59 Å². The van der Waals surface area contributed by atoms with Gasteiger partial charge in [0.15, 0.2) is 5.78 Å². The van der Waals surface area contributed by atoms with Crippen molar-refractivity contribution in [2.75, 3.05) is 45.2 Å². The molecule has 0 N–H and O–H groups in total. The van der Waals surface area contributed by atoms with Gasteiger partial charge < -0.3 is 14.7 Å². The highest BCUT2D eigenvalue weighted by Gasteiger charge is 2.20. The third kappa shape index (κ3) is 5.05. The highest BCUT2D eigenvalue weighted by atomic mass is 16.2. The van der Waals surface area contributed by atoms with E-state index in [0.717, 1.165) is 48.7 Å². The summed E-state index contributed by atoms with van der Waals surface area (Å²) >= 11 is 0. The topological polar surface area (TPSA) is 43.9 Å². The van der Waals surface area contributed by atoms with E-state index < -0.39 is 0 Å². The van der Waals surface area contributed by atoms with Gasteiger partial charge in [0.1, 0.15) is 0 Å². The fraction of sp³-hybridized carbons (Fsp3) is 0.308. The quantitative estimate of drug-likeness (QED) is 0.657. The summed E-state index contributed by atoms with van der Waals surface area (Å²) in [6.07, 6.45) is 8.18. The Kier molecular flexibility index (Phi) is 6.95. The Balaban J connectivity index is 1.68. The van der Waals surface area contributed by atoms with Crippen LogP contribution >= 0.6 is 0 Å². The van der Waals surface area contributed by atoms with Crippen LogP contribution in [0.3, 0.4) is 0 Å². The maximum Gasteiger partial charge on any atom is 0.253 e. The molecule has 0 spiro atoms. The first-order valence-corrected chi connectivity index (χ1v) is 10.6. The highest BCUT2D eigenvalue weighted by Crippen LogP contribution is 2.27. The van der Waals surface area contributed by atoms with Crippen molar-refractivity contribution in [2.45, 2.75) is 13.3 Å². The Labute approximate surface area is 185 Å². The smallest absolute Gasteiger partial charge is 0.253 e. The lowest BCUT2D eigenvalue weighted by Gasteiger charge is -2.38. The van der Waals surface area contributed by atoms with Crippen molar-refractivity contribution in [3.05, 3.63) is 89.7 Å². The molecule has 1 amide bonds. The summed E-state index contributed by atoms with van der Waals surface area (Å²) in [5.74, 6) is -0.0606. The molecule has 0 radical (unpaired) electrons. The first-order chi connectivity index (χ1) is 14.8. The van der Waals surface area contributed by atoms with Crippen LogP contribution in [-0.2, 0) is 4.79 Å². The normalized spacial score (nSPS) is 17.1. The SMILES string of the molecule is C=CC(=O)C1=C(/C=C(\C)N2CCN(c3ccc(C(=O)N(C)C)cc3)CC2)C=CCC1=C. The molecule has 1 aromatic carbocycles. The Morgan fingerprint density at radius 2 is 1.71 bits per heavy atom. The molecule has 1 aliphatic carbocycles. The molecule has 0 unspecified atom stereocenters. The van der Waals surface area contributed by atoms with Gasteiger partial charge in [-0.15, -0.1) is 0 Å². The molecule has 0 saturated carbocycles. The van der Waals surface area contributed by atoms with E-state index in [0.29, 0.717) is 17.6 Å². The van der Waals surface area contributed by atoms with Crippen LogP contribution in [0.15, 0.2) is 84.1 Å². The van der Waals surface area contributed by atoms with Crippen LogP contribution in [0.4, 0.5) is 5.69 Å². The van der Waals surface area contributed by atoms with Crippen molar-refractivity contribution in [3.8, 4) is 0 Å². The van der Waals surface area contributed by atoms with Gasteiger partial charge in [-0.1, -0.05) is 25.3 Å². The Hall–Kier alpha value is -3.34. The first kappa shape index (κ1) is 22.3. The Morgan fingerprint density at radius 1 is 1.06 bits per heavy atom. The van der Waals surface area contributed by atoms with Crippen molar-refractivity contribution in [1.82, 2.24) is 9.80 Å². The molecule has 2 aliphatic rings. The molecule has 31 heavy (non-hydrogen) atoms. The lowest BCUT2D eigenvalue weighted by atomic mass is 9.90. The number of allylic oxidation sites excluding steroid dienone is 8. The van der Waals surface area contributed by atoms with Gasteiger partial charge in [0.2, 0.25) is 0 Å². The second kappa shape index (κ2) is 9.65. The van der Waals surface area contributed by atoms with Gasteiger partial charge in [0, 0.05) is 62.8 Å². The summed E-state index contributed by atoms with van der Waals surface area (Å²) in [7, 11) is 3.52. The van der Waals surface area contributed by atoms with Crippen LogP contribution in [0.25, 0.3) is 0 Å². The maximum atomic E-state index is 12.3. The number of ketones is 1. The van der Waals surface area contributed by atoms with E-state index in [4.69, 9.17) is 0 Å². The summed E-state index contributed by atoms with van der Waals surface area (Å²) in [5, 5.41) is 0. The number of piperazine rings is 1. The van der Waals surface area contributed by atoms with Crippen LogP contribution in [0.5, 0.6) is 0 Å². The van der Waals surface area contributed by atoms with Gasteiger partial charge in [-0.2, -0.15) is 0 Å². The highest BCUT2D eigenvalue weighted by molar-refractivity contribution is 6.08. The summed E-state index contributed by atoms with van der Waals surface area (Å²) < 4.78 is 0. The second-order valence-electron chi connectivity index (χ2n) is 8.12. The average Bonchev–Trinajstić information content (AvgIpc) is 2.78. The van der Waals surface area contributed by atoms with Gasteiger partial charge in [-0.3, -0.25) is 9.59 Å². The predicted molar refractivity (Wildman–Crippen MR) is 127 cm³/mol. The average molecular weight is 418 g/mol. The molecule has 0 aromatic heterocycles. The fourth-order valence-corrected chi connectivity index (χ4v) is 3.96. The Morgan fingerprint density at radius 3 is 2.29 bits per heavy atom. The number of nitrogens with zero attached hydrogens (tertiary/aromatic N) is 3. The first-order valence-electron chi connectivity index (χ1n) is 10.6. The van der Waals surface area contributed by atoms with Crippen molar-refractivity contribution < 1.29 is 9.59 Å². The molecule has 1 aliphatic heterocycles. The number of carbonyl (C=O) groups is 2. The van der Waals surface area contributed by atoms with Crippen LogP contribution in [0.2, 0.25) is 0 Å². The second-order valence-corrected chi connectivity index (χ2v) is 8.12. The maximum absolute atomic E-state index is 12.3. The molecule has 5 nitrogen and oxygen atoms in total. The Bertz CT molecular complexity index is 972. The molecule has 3 rings (SSSR count). The molecular weight excluding hydrogens is 386 g/mol. The van der Waals surface area contributed by atoms with Crippen LogP contribution in [0.1, 0.15) is 23.7 Å². The molecule has 0 bridgehead atoms. The molecule has 5 heteroatoms. The lowest BCUT2D eigenvalue weighted by molar-refractivity contribution is -0.111. The zero-order valence-corrected chi connectivity index (χ0v) is 18.7. The minimum Gasteiger partial charge on any atom is -0.371 e. The van der Waals surface area contributed by atoms with Gasteiger partial charge in [-0.05, 0) is 60.9 Å². The number of benzene rings is 1. The molecule has 1 fully saturated rings. The fourth-order valence-electron chi connectivity index (χ4n) is 3.96. The third-order valence-electron chi connectivity index (χ3n) is 5.76. The number of anilines is 1. The molecule has 1 heterocycles. The summed E-state index contributed by atoms with van der Waals surface area (Å²) in [6, 6.07) is 7.82. The van der Waals surface area contributed by atoms with Gasteiger partial charge >= 0.3 is 0 Å². The number of amides is 1. The van der Waals surface area contributed by atoms with E-state index >= 15 is 0 Å². The number of hydrogen-bond acceptors (Lipinski definition) is 4. The minimum absolute atomic E-state index is 0.0141. The van der Waals surface area contributed by atoms with Crippen LogP contribution < -0.4 is 4.90 Å². The largest absolute Gasteiger partial charge is 0.371 e. The number of hydrogen-bond donors (Lipinski definition) is 0. The number of carbonyl (C=O) groups excluding carboxylic acids is 2. The zero-order valence-electron chi connectivity index (χ0n) is 18.7. The van der Waals surface area contributed by atoms with Crippen molar-refractivity contribution in [1.29, 1.82) is 0 Å². The van der Waals surface area contributed by atoms with E-state index in [2.05, 4.69) is 36.0 Å². The summed E-state index contributed by atoms with van der Waals surface area (Å²) in [6.45, 7) is 13.3. The predicted octanol–water partition coefficient (Wildman–Crippen LogP) is 3.98. The standard InChI is InChI=1S/C26H31N3O2/c1-6-24(30)25-19(2)8-7-9-22(25)18-20(3)28-14-16-29(17-15-28)23-12-10-21(11-13-23)26(31)27(4)5/h6-7,9-13,18H,1-2,8,14-17H2,3-5H3/b20-18+. The third-order valence-corrected chi connectivity index (χ3v) is 5.76. The minimum atomic E-state index is -0.0746. The van der Waals surface area contributed by atoms with E-state index in [-0.39, 0.29) is 11.7 Å². The van der Waals surface area contributed by atoms with E-state index in [1.807, 2.05) is 36.4 Å².